The highest BCUT2D eigenvalue weighted by atomic mass is 19.4. The third-order valence-corrected chi connectivity index (χ3v) is 5.44. The van der Waals surface area contributed by atoms with Crippen LogP contribution in [-0.2, 0) is 12.6 Å². The third-order valence-electron chi connectivity index (χ3n) is 5.44. The van der Waals surface area contributed by atoms with Crippen LogP contribution in [0.2, 0.25) is 0 Å². The van der Waals surface area contributed by atoms with Gasteiger partial charge in [-0.2, -0.15) is 13.2 Å². The van der Waals surface area contributed by atoms with Crippen molar-refractivity contribution in [3.05, 3.63) is 47.0 Å². The molecule has 3 rings (SSSR count). The number of piperidine rings is 1. The lowest BCUT2D eigenvalue weighted by atomic mass is 9.90. The van der Waals surface area contributed by atoms with Gasteiger partial charge < -0.3 is 9.47 Å². The Kier molecular flexibility index (Phi) is 6.80. The average Bonchev–Trinajstić information content (AvgIpc) is 2.73. The van der Waals surface area contributed by atoms with Crippen LogP contribution in [0.4, 0.5) is 17.6 Å². The highest BCUT2D eigenvalue weighted by Gasteiger charge is 2.34. The van der Waals surface area contributed by atoms with Crippen LogP contribution in [0.25, 0.3) is 0 Å². The van der Waals surface area contributed by atoms with Crippen LogP contribution in [0.15, 0.2) is 24.3 Å². The quantitative estimate of drug-likeness (QED) is 0.627. The van der Waals surface area contributed by atoms with E-state index in [4.69, 9.17) is 9.47 Å². The molecule has 2 aromatic rings. The molecule has 164 valence electrons. The molecule has 0 amide bonds. The van der Waals surface area contributed by atoms with Gasteiger partial charge in [0.2, 0.25) is 11.8 Å². The zero-order chi connectivity index (χ0) is 21.9. The molecule has 2 atom stereocenters. The average molecular weight is 427 g/mol. The van der Waals surface area contributed by atoms with Gasteiger partial charge in [-0.15, -0.1) is 0 Å². The first-order chi connectivity index (χ1) is 14.2. The Morgan fingerprint density at radius 2 is 1.87 bits per heavy atom. The van der Waals surface area contributed by atoms with E-state index in [1.54, 1.807) is 6.07 Å². The molecule has 1 aliphatic heterocycles. The normalized spacial score (nSPS) is 18.8. The van der Waals surface area contributed by atoms with Crippen molar-refractivity contribution in [3.8, 4) is 11.8 Å². The van der Waals surface area contributed by atoms with Gasteiger partial charge in [0.1, 0.15) is 11.5 Å². The standard InChI is InChI=1S/C21H25F4N3O2/c1-13(20-16(22)6-7-18(27-20)29-2)28-8-4-5-14(12-28)9-15-10-17(21(23,24)25)26-19(11-15)30-3/h6-7,10-11,13-14H,4-5,8-9,12H2,1-3H3/t13?,14-/m1/s1. The molecule has 0 radical (unpaired) electrons. The summed E-state index contributed by atoms with van der Waals surface area (Å²) in [6, 6.07) is 5.15. The van der Waals surface area contributed by atoms with Crippen LogP contribution in [0.5, 0.6) is 11.8 Å². The number of aromatic nitrogens is 2. The van der Waals surface area contributed by atoms with E-state index in [1.165, 1.54) is 26.4 Å². The van der Waals surface area contributed by atoms with Gasteiger partial charge in [-0.1, -0.05) is 0 Å². The highest BCUT2D eigenvalue weighted by molar-refractivity contribution is 5.27. The summed E-state index contributed by atoms with van der Waals surface area (Å²) in [5.74, 6) is 0.0149. The highest BCUT2D eigenvalue weighted by Crippen LogP contribution is 2.33. The molecule has 0 N–H and O–H groups in total. The van der Waals surface area contributed by atoms with E-state index in [9.17, 15) is 17.6 Å². The number of nitrogens with zero attached hydrogens (tertiary/aromatic N) is 3. The second-order valence-corrected chi connectivity index (χ2v) is 7.50. The number of likely N-dealkylation sites (tertiary alicyclic amines) is 1. The summed E-state index contributed by atoms with van der Waals surface area (Å²) in [6.45, 7) is 3.28. The van der Waals surface area contributed by atoms with Gasteiger partial charge in [0, 0.05) is 18.7 Å². The summed E-state index contributed by atoms with van der Waals surface area (Å²) in [4.78, 5) is 9.87. The number of halogens is 4. The van der Waals surface area contributed by atoms with Crippen molar-refractivity contribution in [1.29, 1.82) is 0 Å². The van der Waals surface area contributed by atoms with Gasteiger partial charge in [0.05, 0.1) is 26.0 Å². The molecule has 0 aliphatic carbocycles. The summed E-state index contributed by atoms with van der Waals surface area (Å²) < 4.78 is 63.8. The van der Waals surface area contributed by atoms with Crippen molar-refractivity contribution in [1.82, 2.24) is 14.9 Å². The lowest BCUT2D eigenvalue weighted by Gasteiger charge is -2.36. The van der Waals surface area contributed by atoms with Crippen molar-refractivity contribution < 1.29 is 27.0 Å². The van der Waals surface area contributed by atoms with E-state index in [0.29, 0.717) is 30.1 Å². The molecule has 5 nitrogen and oxygen atoms in total. The third kappa shape index (κ3) is 5.19. The Hall–Kier alpha value is -2.42. The van der Waals surface area contributed by atoms with E-state index in [0.717, 1.165) is 25.5 Å². The number of alkyl halides is 3. The second-order valence-electron chi connectivity index (χ2n) is 7.50. The van der Waals surface area contributed by atoms with E-state index in [2.05, 4.69) is 14.9 Å². The Morgan fingerprint density at radius 1 is 1.13 bits per heavy atom. The monoisotopic (exact) mass is 427 g/mol. The predicted molar refractivity (Wildman–Crippen MR) is 103 cm³/mol. The van der Waals surface area contributed by atoms with Gasteiger partial charge in [0.15, 0.2) is 0 Å². The molecule has 1 saturated heterocycles. The molecule has 0 spiro atoms. The van der Waals surface area contributed by atoms with Crippen molar-refractivity contribution in [2.24, 2.45) is 5.92 Å². The summed E-state index contributed by atoms with van der Waals surface area (Å²) >= 11 is 0. The van der Waals surface area contributed by atoms with Crippen LogP contribution < -0.4 is 9.47 Å². The molecule has 1 unspecified atom stereocenters. The second kappa shape index (κ2) is 9.16. The van der Waals surface area contributed by atoms with E-state index >= 15 is 0 Å². The first-order valence-electron chi connectivity index (χ1n) is 9.78. The molecule has 9 heteroatoms. The number of rotatable bonds is 6. The zero-order valence-corrected chi connectivity index (χ0v) is 17.2. The fourth-order valence-corrected chi connectivity index (χ4v) is 3.89. The fraction of sp³-hybridized carbons (Fsp3) is 0.524. The molecule has 0 bridgehead atoms. The zero-order valence-electron chi connectivity index (χ0n) is 17.2. The van der Waals surface area contributed by atoms with Gasteiger partial charge in [-0.25, -0.2) is 14.4 Å². The van der Waals surface area contributed by atoms with Crippen LogP contribution in [0.3, 0.4) is 0 Å². The maximum atomic E-state index is 14.3. The summed E-state index contributed by atoms with van der Waals surface area (Å²) in [5.41, 5.74) is -0.125. The van der Waals surface area contributed by atoms with Crippen molar-refractivity contribution in [3.63, 3.8) is 0 Å². The first kappa shape index (κ1) is 22.3. The van der Waals surface area contributed by atoms with Gasteiger partial charge in [0.25, 0.3) is 0 Å². The molecule has 1 aliphatic rings. The Morgan fingerprint density at radius 3 is 2.53 bits per heavy atom. The number of hydrogen-bond donors (Lipinski definition) is 0. The molecule has 30 heavy (non-hydrogen) atoms. The molecule has 2 aromatic heterocycles. The first-order valence-corrected chi connectivity index (χ1v) is 9.78. The lowest BCUT2D eigenvalue weighted by Crippen LogP contribution is -2.38. The Bertz CT molecular complexity index is 876. The number of ether oxygens (including phenoxy) is 2. The van der Waals surface area contributed by atoms with Gasteiger partial charge in [-0.05, 0) is 56.3 Å². The largest absolute Gasteiger partial charge is 0.481 e. The Labute approximate surface area is 173 Å². The minimum Gasteiger partial charge on any atom is -0.481 e. The Balaban J connectivity index is 1.75. The van der Waals surface area contributed by atoms with Crippen molar-refractivity contribution in [2.45, 2.75) is 38.4 Å². The van der Waals surface area contributed by atoms with Gasteiger partial charge >= 0.3 is 6.18 Å². The molecule has 3 heterocycles. The smallest absolute Gasteiger partial charge is 0.433 e. The van der Waals surface area contributed by atoms with Crippen molar-refractivity contribution >= 4 is 0 Å². The summed E-state index contributed by atoms with van der Waals surface area (Å²) in [7, 11) is 2.77. The molecular weight excluding hydrogens is 402 g/mol. The molecule has 1 fully saturated rings. The molecule has 0 aromatic carbocycles. The fourth-order valence-electron chi connectivity index (χ4n) is 3.89. The lowest BCUT2D eigenvalue weighted by molar-refractivity contribution is -0.141. The van der Waals surface area contributed by atoms with Crippen LogP contribution in [-0.4, -0.2) is 42.2 Å². The van der Waals surface area contributed by atoms with E-state index in [1.807, 2.05) is 6.92 Å². The number of pyridine rings is 2. The summed E-state index contributed by atoms with van der Waals surface area (Å²) in [5, 5.41) is 0. The van der Waals surface area contributed by atoms with Crippen LogP contribution in [0, 0.1) is 11.7 Å². The maximum absolute atomic E-state index is 14.3. The minimum absolute atomic E-state index is 0.0523. The van der Waals surface area contributed by atoms with E-state index < -0.39 is 17.7 Å². The summed E-state index contributed by atoms with van der Waals surface area (Å²) in [6.07, 6.45) is -2.33. The topological polar surface area (TPSA) is 47.5 Å². The van der Waals surface area contributed by atoms with E-state index in [-0.39, 0.29) is 17.8 Å². The molecule has 0 saturated carbocycles. The van der Waals surface area contributed by atoms with Crippen molar-refractivity contribution in [2.75, 3.05) is 27.3 Å². The SMILES string of the molecule is COc1cc(C[C@H]2CCCN(C(C)c3nc(OC)ccc3F)C2)cc(C(F)(F)F)n1. The molecular formula is C21H25F4N3O2. The number of hydrogen-bond acceptors (Lipinski definition) is 5. The maximum Gasteiger partial charge on any atom is 0.433 e. The minimum atomic E-state index is -4.54. The van der Waals surface area contributed by atoms with Gasteiger partial charge in [-0.3, -0.25) is 4.90 Å². The van der Waals surface area contributed by atoms with Crippen LogP contribution >= 0.6 is 0 Å². The predicted octanol–water partition coefficient (Wildman–Crippen LogP) is 4.67. The number of methoxy groups -OCH3 is 2. The van der Waals surface area contributed by atoms with Crippen LogP contribution in [0.1, 0.15) is 42.8 Å².